The Bertz CT molecular complexity index is 1140. The summed E-state index contributed by atoms with van der Waals surface area (Å²) in [6, 6.07) is 3.93. The van der Waals surface area contributed by atoms with E-state index in [4.69, 9.17) is 0 Å². The Kier molecular flexibility index (Phi) is 7.39. The minimum atomic E-state index is -0.127. The van der Waals surface area contributed by atoms with Gasteiger partial charge in [0.05, 0.1) is 5.75 Å². The number of aromatic nitrogens is 2. The largest absolute Gasteiger partial charge is 0.348 e. The van der Waals surface area contributed by atoms with Crippen molar-refractivity contribution < 1.29 is 9.59 Å². The molecule has 0 radical (unpaired) electrons. The number of nitrogens with one attached hydrogen (secondary N) is 1. The van der Waals surface area contributed by atoms with E-state index in [1.54, 1.807) is 28.7 Å². The first-order chi connectivity index (χ1) is 15.5. The topological polar surface area (TPSA) is 75.2 Å². The third-order valence-corrected chi connectivity index (χ3v) is 8.21. The Morgan fingerprint density at radius 2 is 2.19 bits per heavy atom. The SMILES string of the molecule is Cc1csc(SCC(=O)N2CCc3c(cnc(C)c3CNC(=O)/C=C/c3cccs3)C2)n1. The lowest BCUT2D eigenvalue weighted by Gasteiger charge is -2.30. The predicted octanol–water partition coefficient (Wildman–Crippen LogP) is 4.22. The van der Waals surface area contributed by atoms with Crippen molar-refractivity contribution in [1.82, 2.24) is 20.2 Å². The zero-order chi connectivity index (χ0) is 22.5. The van der Waals surface area contributed by atoms with Gasteiger partial charge in [-0.15, -0.1) is 22.7 Å². The molecule has 0 saturated carbocycles. The van der Waals surface area contributed by atoms with Crippen LogP contribution in [0.25, 0.3) is 6.08 Å². The maximum atomic E-state index is 12.7. The number of amides is 2. The van der Waals surface area contributed by atoms with Crippen molar-refractivity contribution in [2.24, 2.45) is 0 Å². The van der Waals surface area contributed by atoms with E-state index in [-0.39, 0.29) is 11.8 Å². The van der Waals surface area contributed by atoms with E-state index < -0.39 is 0 Å². The minimum absolute atomic E-state index is 0.114. The number of pyridine rings is 1. The molecular formula is C23H24N4O2S3. The highest BCUT2D eigenvalue weighted by molar-refractivity contribution is 8.01. The van der Waals surface area contributed by atoms with E-state index in [2.05, 4.69) is 15.3 Å². The van der Waals surface area contributed by atoms with Crippen molar-refractivity contribution in [1.29, 1.82) is 0 Å². The lowest BCUT2D eigenvalue weighted by Crippen LogP contribution is -2.38. The summed E-state index contributed by atoms with van der Waals surface area (Å²) in [4.78, 5) is 36.8. The van der Waals surface area contributed by atoms with Crippen molar-refractivity contribution in [2.45, 2.75) is 37.7 Å². The Hall–Kier alpha value is -2.49. The second-order valence-electron chi connectivity index (χ2n) is 7.50. The van der Waals surface area contributed by atoms with Gasteiger partial charge < -0.3 is 10.2 Å². The summed E-state index contributed by atoms with van der Waals surface area (Å²) in [6.07, 6.45) is 6.01. The molecule has 0 aliphatic carbocycles. The summed E-state index contributed by atoms with van der Waals surface area (Å²) in [5.74, 6) is 0.376. The molecular weight excluding hydrogens is 460 g/mol. The molecule has 32 heavy (non-hydrogen) atoms. The van der Waals surface area contributed by atoms with E-state index in [0.717, 1.165) is 38.2 Å². The molecule has 166 valence electrons. The molecule has 3 aromatic rings. The third kappa shape index (κ3) is 5.65. The molecule has 1 aliphatic heterocycles. The van der Waals surface area contributed by atoms with Crippen molar-refractivity contribution in [3.63, 3.8) is 0 Å². The number of hydrogen-bond donors (Lipinski definition) is 1. The zero-order valence-electron chi connectivity index (χ0n) is 18.0. The molecule has 0 atom stereocenters. The molecule has 0 aromatic carbocycles. The molecule has 1 N–H and O–H groups in total. The average Bonchev–Trinajstić information content (AvgIpc) is 3.46. The number of rotatable bonds is 7. The van der Waals surface area contributed by atoms with Crippen molar-refractivity contribution in [3.8, 4) is 0 Å². The number of nitrogens with zero attached hydrogens (tertiary/aromatic N) is 3. The van der Waals surface area contributed by atoms with Crippen LogP contribution in [-0.4, -0.2) is 39.0 Å². The Morgan fingerprint density at radius 1 is 1.31 bits per heavy atom. The fourth-order valence-electron chi connectivity index (χ4n) is 3.56. The Labute approximate surface area is 199 Å². The number of thioether (sulfide) groups is 1. The monoisotopic (exact) mass is 484 g/mol. The zero-order valence-corrected chi connectivity index (χ0v) is 20.4. The van der Waals surface area contributed by atoms with E-state index in [9.17, 15) is 9.59 Å². The van der Waals surface area contributed by atoms with Crippen LogP contribution in [0.1, 0.15) is 33.0 Å². The maximum Gasteiger partial charge on any atom is 0.244 e. The summed E-state index contributed by atoms with van der Waals surface area (Å²) >= 11 is 4.66. The van der Waals surface area contributed by atoms with Crippen LogP contribution in [-0.2, 0) is 29.1 Å². The highest BCUT2D eigenvalue weighted by Crippen LogP contribution is 2.26. The molecule has 2 amide bonds. The first kappa shape index (κ1) is 22.7. The molecule has 0 saturated heterocycles. The molecule has 4 heterocycles. The van der Waals surface area contributed by atoms with Gasteiger partial charge in [0.1, 0.15) is 0 Å². The number of carbonyl (C=O) groups is 2. The molecule has 9 heteroatoms. The number of thiazole rings is 1. The number of carbonyl (C=O) groups excluding carboxylic acids is 2. The van der Waals surface area contributed by atoms with Crippen LogP contribution >= 0.6 is 34.4 Å². The molecule has 0 spiro atoms. The third-order valence-electron chi connectivity index (χ3n) is 5.25. The molecule has 0 unspecified atom stereocenters. The van der Waals surface area contributed by atoms with Crippen LogP contribution in [0.4, 0.5) is 0 Å². The van der Waals surface area contributed by atoms with E-state index in [0.29, 0.717) is 25.4 Å². The van der Waals surface area contributed by atoms with Gasteiger partial charge >= 0.3 is 0 Å². The second kappa shape index (κ2) is 10.4. The van der Waals surface area contributed by atoms with Gasteiger partial charge in [0.25, 0.3) is 0 Å². The smallest absolute Gasteiger partial charge is 0.244 e. The van der Waals surface area contributed by atoms with Gasteiger partial charge in [-0.05, 0) is 54.5 Å². The van der Waals surface area contributed by atoms with Crippen LogP contribution in [0.2, 0.25) is 0 Å². The van der Waals surface area contributed by atoms with Crippen molar-refractivity contribution >= 4 is 52.3 Å². The number of aryl methyl sites for hydroxylation is 2. The molecule has 1 aliphatic rings. The number of fused-ring (bicyclic) bond motifs is 1. The minimum Gasteiger partial charge on any atom is -0.348 e. The first-order valence-corrected chi connectivity index (χ1v) is 13.0. The summed E-state index contributed by atoms with van der Waals surface area (Å²) in [7, 11) is 0. The van der Waals surface area contributed by atoms with Gasteiger partial charge in [-0.3, -0.25) is 14.6 Å². The van der Waals surface area contributed by atoms with Crippen molar-refractivity contribution in [2.75, 3.05) is 12.3 Å². The normalized spacial score (nSPS) is 13.4. The van der Waals surface area contributed by atoms with Crippen LogP contribution in [0.5, 0.6) is 0 Å². The number of thiophene rings is 1. The van der Waals surface area contributed by atoms with Crippen LogP contribution in [0.3, 0.4) is 0 Å². The van der Waals surface area contributed by atoms with Crippen LogP contribution in [0, 0.1) is 13.8 Å². The fourth-order valence-corrected chi connectivity index (χ4v) is 5.93. The Balaban J connectivity index is 1.36. The highest BCUT2D eigenvalue weighted by Gasteiger charge is 2.24. The maximum absolute atomic E-state index is 12.7. The second-order valence-corrected chi connectivity index (χ2v) is 10.6. The van der Waals surface area contributed by atoms with Crippen LogP contribution in [0.15, 0.2) is 39.5 Å². The standard InChI is InChI=1S/C23H24N4O2S3/c1-15-13-31-23(26-15)32-14-22(29)27-8-7-19-17(12-27)10-24-16(2)20(19)11-25-21(28)6-5-18-4-3-9-30-18/h3-6,9-10,13H,7-8,11-12,14H2,1-2H3,(H,25,28)/b6-5+. The summed E-state index contributed by atoms with van der Waals surface area (Å²) in [5.41, 5.74) is 5.22. The quantitative estimate of drug-likeness (QED) is 0.401. The fraction of sp³-hybridized carbons (Fsp3) is 0.304. The van der Waals surface area contributed by atoms with Gasteiger partial charge in [-0.25, -0.2) is 4.98 Å². The van der Waals surface area contributed by atoms with Gasteiger partial charge in [-0.1, -0.05) is 17.8 Å². The van der Waals surface area contributed by atoms with E-state index in [1.165, 1.54) is 17.3 Å². The van der Waals surface area contributed by atoms with Gasteiger partial charge in [0.2, 0.25) is 11.8 Å². The first-order valence-electron chi connectivity index (χ1n) is 10.3. The van der Waals surface area contributed by atoms with Gasteiger partial charge in [0.15, 0.2) is 4.34 Å². The lowest BCUT2D eigenvalue weighted by atomic mass is 9.95. The Morgan fingerprint density at radius 3 is 2.94 bits per heavy atom. The average molecular weight is 485 g/mol. The van der Waals surface area contributed by atoms with Crippen LogP contribution < -0.4 is 5.32 Å². The van der Waals surface area contributed by atoms with E-state index >= 15 is 0 Å². The molecule has 3 aromatic heterocycles. The predicted molar refractivity (Wildman–Crippen MR) is 131 cm³/mol. The van der Waals surface area contributed by atoms with Gasteiger partial charge in [0, 0.05) is 53.6 Å². The molecule has 6 nitrogen and oxygen atoms in total. The summed E-state index contributed by atoms with van der Waals surface area (Å²) in [6.45, 7) is 5.58. The highest BCUT2D eigenvalue weighted by atomic mass is 32.2. The number of hydrogen-bond acceptors (Lipinski definition) is 7. The molecule has 0 fully saturated rings. The summed E-state index contributed by atoms with van der Waals surface area (Å²) in [5, 5.41) is 6.95. The van der Waals surface area contributed by atoms with Crippen molar-refractivity contribution in [3.05, 3.63) is 68.1 Å². The lowest BCUT2D eigenvalue weighted by molar-refractivity contribution is -0.129. The van der Waals surface area contributed by atoms with E-state index in [1.807, 2.05) is 53.9 Å². The molecule has 4 rings (SSSR count). The summed E-state index contributed by atoms with van der Waals surface area (Å²) < 4.78 is 0.928. The van der Waals surface area contributed by atoms with Gasteiger partial charge in [-0.2, -0.15) is 0 Å². The molecule has 0 bridgehead atoms.